The van der Waals surface area contributed by atoms with Gasteiger partial charge in [-0.25, -0.2) is 0 Å². The molecule has 0 amide bonds. The molecule has 0 atom stereocenters. The fraction of sp³-hybridized carbons (Fsp3) is 0.708. The number of phenols is 1. The highest BCUT2D eigenvalue weighted by Gasteiger charge is 2.11. The lowest BCUT2D eigenvalue weighted by Crippen LogP contribution is -2.03. The highest BCUT2D eigenvalue weighted by Crippen LogP contribution is 2.26. The zero-order valence-electron chi connectivity index (χ0n) is 18.1. The monoisotopic (exact) mass is 391 g/mol. The van der Waals surface area contributed by atoms with Crippen molar-refractivity contribution in [1.82, 2.24) is 0 Å². The highest BCUT2D eigenvalue weighted by atomic mass is 16.5. The third-order valence-corrected chi connectivity index (χ3v) is 5.18. The fourth-order valence-corrected chi connectivity index (χ4v) is 3.41. The quantitative estimate of drug-likeness (QED) is 0.125. The van der Waals surface area contributed by atoms with Crippen molar-refractivity contribution in [3.8, 4) is 11.5 Å². The molecule has 28 heavy (non-hydrogen) atoms. The molecule has 4 heteroatoms. The molecule has 1 aromatic rings. The summed E-state index contributed by atoms with van der Waals surface area (Å²) in [6.07, 6.45) is 16.5. The van der Waals surface area contributed by atoms with Crippen LogP contribution in [0, 0.1) is 0 Å². The first-order valence-corrected chi connectivity index (χ1v) is 11.4. The Balaban J connectivity index is 2.34. The van der Waals surface area contributed by atoms with Crippen molar-refractivity contribution in [1.29, 1.82) is 0 Å². The largest absolute Gasteiger partial charge is 0.507 e. The number of ether oxygens (including phenoxy) is 1. The molecular weight excluding hydrogens is 350 g/mol. The Labute approximate surface area is 172 Å². The first-order valence-electron chi connectivity index (χ1n) is 11.4. The van der Waals surface area contributed by atoms with Crippen LogP contribution in [0.4, 0.5) is 0 Å². The van der Waals surface area contributed by atoms with Crippen LogP contribution < -0.4 is 4.74 Å². The molecule has 160 valence electrons. The predicted octanol–water partition coefficient (Wildman–Crippen LogP) is 7.45. The summed E-state index contributed by atoms with van der Waals surface area (Å²) >= 11 is 0. The Morgan fingerprint density at radius 3 is 1.96 bits per heavy atom. The van der Waals surface area contributed by atoms with Gasteiger partial charge < -0.3 is 15.1 Å². The van der Waals surface area contributed by atoms with E-state index < -0.39 is 0 Å². The second-order valence-corrected chi connectivity index (χ2v) is 7.71. The van der Waals surface area contributed by atoms with Crippen molar-refractivity contribution < 1.29 is 15.1 Å². The van der Waals surface area contributed by atoms with E-state index in [4.69, 9.17) is 4.74 Å². The van der Waals surface area contributed by atoms with Crippen LogP contribution in [0.5, 0.6) is 11.5 Å². The van der Waals surface area contributed by atoms with Crippen LogP contribution in [0.2, 0.25) is 0 Å². The summed E-state index contributed by atoms with van der Waals surface area (Å²) < 4.78 is 5.74. The van der Waals surface area contributed by atoms with Crippen molar-refractivity contribution in [2.45, 2.75) is 104 Å². The van der Waals surface area contributed by atoms with Gasteiger partial charge in [0.1, 0.15) is 11.5 Å². The highest BCUT2D eigenvalue weighted by molar-refractivity contribution is 6.02. The fourth-order valence-electron chi connectivity index (χ4n) is 3.41. The molecule has 0 aliphatic rings. The first-order chi connectivity index (χ1) is 13.7. The normalized spacial score (nSPS) is 11.7. The summed E-state index contributed by atoms with van der Waals surface area (Å²) in [5.41, 5.74) is 1.15. The van der Waals surface area contributed by atoms with Crippen LogP contribution in [0.25, 0.3) is 0 Å². The van der Waals surface area contributed by atoms with E-state index in [-0.39, 0.29) is 5.75 Å². The Morgan fingerprint density at radius 2 is 1.39 bits per heavy atom. The Kier molecular flexibility index (Phi) is 14.1. The van der Waals surface area contributed by atoms with E-state index in [9.17, 15) is 10.3 Å². The van der Waals surface area contributed by atoms with Gasteiger partial charge in [-0.1, -0.05) is 89.6 Å². The minimum absolute atomic E-state index is 0.121. The average molecular weight is 392 g/mol. The molecule has 0 radical (unpaired) electrons. The average Bonchev–Trinajstić information content (AvgIpc) is 2.70. The Hall–Kier alpha value is -1.71. The van der Waals surface area contributed by atoms with Gasteiger partial charge in [0.05, 0.1) is 12.3 Å². The SMILES string of the molecule is CCCCCCCCC/C(=N/O)c1ccc(OCCCCCCCC)cc1O. The zero-order chi connectivity index (χ0) is 20.5. The van der Waals surface area contributed by atoms with E-state index in [0.29, 0.717) is 30.1 Å². The summed E-state index contributed by atoms with van der Waals surface area (Å²) in [5.74, 6) is 0.791. The lowest BCUT2D eigenvalue weighted by atomic mass is 10.0. The topological polar surface area (TPSA) is 62.1 Å². The number of benzene rings is 1. The zero-order valence-corrected chi connectivity index (χ0v) is 18.1. The maximum absolute atomic E-state index is 10.3. The molecule has 0 fully saturated rings. The predicted molar refractivity (Wildman–Crippen MR) is 118 cm³/mol. The molecule has 4 nitrogen and oxygen atoms in total. The molecule has 0 bridgehead atoms. The molecule has 1 rings (SSSR count). The van der Waals surface area contributed by atoms with Crippen LogP contribution in [0.15, 0.2) is 23.4 Å². The third kappa shape index (κ3) is 10.6. The van der Waals surface area contributed by atoms with Crippen molar-refractivity contribution in [2.24, 2.45) is 5.16 Å². The van der Waals surface area contributed by atoms with Crippen LogP contribution >= 0.6 is 0 Å². The number of phenolic OH excluding ortho intramolecular Hbond substituents is 1. The van der Waals surface area contributed by atoms with Crippen LogP contribution in [-0.2, 0) is 0 Å². The number of oxime groups is 1. The van der Waals surface area contributed by atoms with Gasteiger partial charge in [-0.2, -0.15) is 0 Å². The van der Waals surface area contributed by atoms with Crippen molar-refractivity contribution >= 4 is 5.71 Å². The van der Waals surface area contributed by atoms with Gasteiger partial charge in [0.15, 0.2) is 0 Å². The maximum atomic E-state index is 10.3. The van der Waals surface area contributed by atoms with Crippen molar-refractivity contribution in [3.05, 3.63) is 23.8 Å². The summed E-state index contributed by atoms with van der Waals surface area (Å²) in [4.78, 5) is 0. The maximum Gasteiger partial charge on any atom is 0.128 e. The first kappa shape index (κ1) is 24.3. The van der Waals surface area contributed by atoms with E-state index >= 15 is 0 Å². The number of hydrogen-bond donors (Lipinski definition) is 2. The minimum atomic E-state index is 0.121. The second kappa shape index (κ2) is 16.3. The van der Waals surface area contributed by atoms with Gasteiger partial charge in [0.25, 0.3) is 0 Å². The van der Waals surface area contributed by atoms with Gasteiger partial charge in [-0.15, -0.1) is 0 Å². The molecule has 2 N–H and O–H groups in total. The molecule has 0 spiro atoms. The third-order valence-electron chi connectivity index (χ3n) is 5.18. The summed E-state index contributed by atoms with van der Waals surface area (Å²) in [6.45, 7) is 5.12. The molecule has 0 aliphatic heterocycles. The van der Waals surface area contributed by atoms with Gasteiger partial charge in [-0.3, -0.25) is 0 Å². The van der Waals surface area contributed by atoms with Crippen LogP contribution in [-0.4, -0.2) is 22.6 Å². The smallest absolute Gasteiger partial charge is 0.128 e. The van der Waals surface area contributed by atoms with E-state index in [0.717, 1.165) is 19.3 Å². The number of hydrogen-bond acceptors (Lipinski definition) is 4. The lowest BCUT2D eigenvalue weighted by Gasteiger charge is -2.10. The molecular formula is C24H41NO3. The molecule has 0 saturated heterocycles. The molecule has 0 aromatic heterocycles. The number of rotatable bonds is 17. The number of nitrogens with zero attached hydrogens (tertiary/aromatic N) is 1. The van der Waals surface area contributed by atoms with Gasteiger partial charge in [0, 0.05) is 11.6 Å². The lowest BCUT2D eigenvalue weighted by molar-refractivity contribution is 0.302. The number of unbranched alkanes of at least 4 members (excludes halogenated alkanes) is 11. The van der Waals surface area contributed by atoms with Gasteiger partial charge in [-0.05, 0) is 31.4 Å². The van der Waals surface area contributed by atoms with Crippen molar-refractivity contribution in [3.63, 3.8) is 0 Å². The van der Waals surface area contributed by atoms with Crippen molar-refractivity contribution in [2.75, 3.05) is 6.61 Å². The molecule has 1 aromatic carbocycles. The molecule has 0 heterocycles. The Bertz CT molecular complexity index is 543. The van der Waals surface area contributed by atoms with E-state index in [1.54, 1.807) is 12.1 Å². The summed E-state index contributed by atoms with van der Waals surface area (Å²) in [7, 11) is 0. The van der Waals surface area contributed by atoms with Crippen LogP contribution in [0.1, 0.15) is 109 Å². The van der Waals surface area contributed by atoms with Crippen LogP contribution in [0.3, 0.4) is 0 Å². The van der Waals surface area contributed by atoms with Gasteiger partial charge in [0.2, 0.25) is 0 Å². The number of aromatic hydroxyl groups is 1. The summed E-state index contributed by atoms with van der Waals surface area (Å²) in [6, 6.07) is 5.27. The van der Waals surface area contributed by atoms with E-state index in [2.05, 4.69) is 19.0 Å². The summed E-state index contributed by atoms with van der Waals surface area (Å²) in [5, 5.41) is 23.1. The van der Waals surface area contributed by atoms with E-state index in [1.165, 1.54) is 64.2 Å². The van der Waals surface area contributed by atoms with E-state index in [1.807, 2.05) is 6.07 Å². The Morgan fingerprint density at radius 1 is 0.821 bits per heavy atom. The minimum Gasteiger partial charge on any atom is -0.507 e. The molecule has 0 aliphatic carbocycles. The molecule has 0 saturated carbocycles. The molecule has 0 unspecified atom stereocenters. The second-order valence-electron chi connectivity index (χ2n) is 7.71. The van der Waals surface area contributed by atoms with Gasteiger partial charge >= 0.3 is 0 Å². The standard InChI is InChI=1S/C24H41NO3/c1-3-5-7-9-11-12-14-16-23(25-27)22-18-17-21(20-24(22)26)28-19-15-13-10-8-6-4-2/h17-18,20,26-27H,3-16,19H2,1-2H3/b25-23-.